The molecule has 9 aromatic carbocycles. The van der Waals surface area contributed by atoms with E-state index in [1.807, 2.05) is 0 Å². The van der Waals surface area contributed by atoms with Crippen molar-refractivity contribution in [2.75, 3.05) is 0 Å². The van der Waals surface area contributed by atoms with Gasteiger partial charge in [0, 0.05) is 27.9 Å². The summed E-state index contributed by atoms with van der Waals surface area (Å²) in [7, 11) is 0. The highest BCUT2D eigenvalue weighted by Crippen LogP contribution is 2.63. The molecule has 57 heavy (non-hydrogen) atoms. The lowest BCUT2D eigenvalue weighted by Gasteiger charge is -2.43. The van der Waals surface area contributed by atoms with Crippen molar-refractivity contribution in [3.8, 4) is 39.1 Å². The minimum absolute atomic E-state index is 0.0638. The van der Waals surface area contributed by atoms with Crippen molar-refractivity contribution in [2.24, 2.45) is 0 Å². The van der Waals surface area contributed by atoms with Gasteiger partial charge in [0.05, 0.1) is 16.4 Å². The van der Waals surface area contributed by atoms with E-state index in [-0.39, 0.29) is 5.92 Å². The van der Waals surface area contributed by atoms with E-state index in [9.17, 15) is 0 Å². The van der Waals surface area contributed by atoms with Crippen LogP contribution in [0.5, 0.6) is 0 Å². The number of aromatic nitrogens is 1. The Morgan fingerprint density at radius 1 is 0.333 bits per heavy atom. The van der Waals surface area contributed by atoms with E-state index in [2.05, 4.69) is 223 Å². The second-order valence-corrected chi connectivity index (χ2v) is 15.5. The summed E-state index contributed by atoms with van der Waals surface area (Å²) in [5, 5.41) is 2.54. The Morgan fingerprint density at radius 2 is 0.860 bits per heavy atom. The standard InChI is InChI=1S/C56H37N/c1-3-17-37(18-4-1)38-31-33-40(34-32-38)57-52-30-16-12-22-42(52)44-35-36-51-54(55(44)57)47-26-11-15-29-50(47)56(51)48-27-13-9-24-45(48)53(46-25-10-14-28-49(46)56)43-23-8-7-21-41(43)39-19-5-2-6-20-39/h1-36,53H. The first-order chi connectivity index (χ1) is 28.3. The van der Waals surface area contributed by atoms with Crippen LogP contribution in [0.25, 0.3) is 60.9 Å². The molecule has 1 heterocycles. The Hall–Kier alpha value is -7.22. The fraction of sp³-hybridized carbons (Fsp3) is 0.0357. The first-order valence-corrected chi connectivity index (χ1v) is 20.0. The van der Waals surface area contributed by atoms with E-state index in [0.29, 0.717) is 0 Å². The number of benzene rings is 9. The third-order valence-electron chi connectivity index (χ3n) is 12.8. The van der Waals surface area contributed by atoms with Gasteiger partial charge in [0.25, 0.3) is 0 Å². The van der Waals surface area contributed by atoms with Gasteiger partial charge in [-0.15, -0.1) is 0 Å². The van der Waals surface area contributed by atoms with Gasteiger partial charge in [-0.1, -0.05) is 200 Å². The average Bonchev–Trinajstić information content (AvgIpc) is 3.78. The predicted octanol–water partition coefficient (Wildman–Crippen LogP) is 14.0. The van der Waals surface area contributed by atoms with Crippen LogP contribution in [0.4, 0.5) is 0 Å². The van der Waals surface area contributed by atoms with Crippen LogP contribution >= 0.6 is 0 Å². The highest BCUT2D eigenvalue weighted by molar-refractivity contribution is 6.16. The minimum atomic E-state index is -0.510. The van der Waals surface area contributed by atoms with Crippen LogP contribution in [-0.2, 0) is 5.41 Å². The van der Waals surface area contributed by atoms with Crippen molar-refractivity contribution in [2.45, 2.75) is 11.3 Å². The maximum Gasteiger partial charge on any atom is 0.0720 e. The lowest BCUT2D eigenvalue weighted by Crippen LogP contribution is -2.36. The SMILES string of the molecule is c1ccc(-c2ccc(-n3c4ccccc4c4ccc5c(c43)-c3ccccc3C53c4ccccc4C(c4ccccc4-c4ccccc4)c4ccccc43)cc2)cc1. The zero-order valence-electron chi connectivity index (χ0n) is 31.3. The average molecular weight is 724 g/mol. The highest BCUT2D eigenvalue weighted by Gasteiger charge is 2.52. The highest BCUT2D eigenvalue weighted by atomic mass is 15.0. The van der Waals surface area contributed by atoms with Gasteiger partial charge in [0.2, 0.25) is 0 Å². The topological polar surface area (TPSA) is 4.93 Å². The van der Waals surface area contributed by atoms with Crippen molar-refractivity contribution >= 4 is 21.8 Å². The van der Waals surface area contributed by atoms with E-state index in [0.717, 1.165) is 5.69 Å². The van der Waals surface area contributed by atoms with Gasteiger partial charge in [-0.05, 0) is 85.0 Å². The zero-order chi connectivity index (χ0) is 37.5. The Morgan fingerprint density at radius 3 is 1.56 bits per heavy atom. The molecule has 1 spiro atoms. The van der Waals surface area contributed by atoms with E-state index < -0.39 is 5.41 Å². The minimum Gasteiger partial charge on any atom is -0.309 e. The fourth-order valence-electron chi connectivity index (χ4n) is 10.6. The number of hydrogen-bond donors (Lipinski definition) is 0. The molecule has 2 aliphatic rings. The molecule has 0 saturated carbocycles. The molecule has 0 unspecified atom stereocenters. The third-order valence-corrected chi connectivity index (χ3v) is 12.8. The molecule has 10 aromatic rings. The van der Waals surface area contributed by atoms with Crippen LogP contribution in [0, 0.1) is 0 Å². The first-order valence-electron chi connectivity index (χ1n) is 20.0. The molecule has 0 radical (unpaired) electrons. The second kappa shape index (κ2) is 12.4. The monoisotopic (exact) mass is 723 g/mol. The maximum absolute atomic E-state index is 2.52. The summed E-state index contributed by atoms with van der Waals surface area (Å²) in [5.74, 6) is 0.0638. The summed E-state index contributed by atoms with van der Waals surface area (Å²) in [6.45, 7) is 0. The molecule has 12 rings (SSSR count). The molecule has 0 fully saturated rings. The van der Waals surface area contributed by atoms with Crippen LogP contribution in [0.2, 0.25) is 0 Å². The molecule has 1 nitrogen and oxygen atoms in total. The van der Waals surface area contributed by atoms with Gasteiger partial charge in [-0.25, -0.2) is 0 Å². The summed E-state index contributed by atoms with van der Waals surface area (Å²) < 4.78 is 2.52. The fourth-order valence-corrected chi connectivity index (χ4v) is 10.6. The molecule has 1 heteroatoms. The van der Waals surface area contributed by atoms with Crippen molar-refractivity contribution in [3.63, 3.8) is 0 Å². The molecule has 266 valence electrons. The Bertz CT molecular complexity index is 3120. The summed E-state index contributed by atoms with van der Waals surface area (Å²) in [5.41, 5.74) is 20.2. The molecular formula is C56H37N. The quantitative estimate of drug-likeness (QED) is 0.170. The van der Waals surface area contributed by atoms with Crippen molar-refractivity contribution in [3.05, 3.63) is 257 Å². The van der Waals surface area contributed by atoms with Gasteiger partial charge in [-0.3, -0.25) is 0 Å². The first kappa shape index (κ1) is 32.1. The van der Waals surface area contributed by atoms with Crippen LogP contribution in [0.3, 0.4) is 0 Å². The Labute approximate surface area is 332 Å². The molecule has 0 N–H and O–H groups in total. The molecular weight excluding hydrogens is 687 g/mol. The molecule has 0 bridgehead atoms. The largest absolute Gasteiger partial charge is 0.309 e. The number of rotatable bonds is 4. The van der Waals surface area contributed by atoms with Crippen molar-refractivity contribution in [1.29, 1.82) is 0 Å². The van der Waals surface area contributed by atoms with Crippen LogP contribution < -0.4 is 0 Å². The Balaban J connectivity index is 1.17. The molecule has 0 saturated heterocycles. The number of nitrogens with zero attached hydrogens (tertiary/aromatic N) is 1. The summed E-state index contributed by atoms with van der Waals surface area (Å²) in [6.07, 6.45) is 0. The van der Waals surface area contributed by atoms with Gasteiger partial charge >= 0.3 is 0 Å². The van der Waals surface area contributed by atoms with Gasteiger partial charge in [-0.2, -0.15) is 0 Å². The normalized spacial score (nSPS) is 16.3. The lowest BCUT2D eigenvalue weighted by atomic mass is 9.58. The van der Waals surface area contributed by atoms with Crippen LogP contribution in [0.15, 0.2) is 218 Å². The van der Waals surface area contributed by atoms with E-state index in [1.165, 1.54) is 94.1 Å². The van der Waals surface area contributed by atoms with Crippen molar-refractivity contribution < 1.29 is 0 Å². The van der Waals surface area contributed by atoms with Gasteiger partial charge in [0.1, 0.15) is 0 Å². The van der Waals surface area contributed by atoms with Crippen LogP contribution in [-0.4, -0.2) is 4.57 Å². The van der Waals surface area contributed by atoms with Crippen molar-refractivity contribution in [1.82, 2.24) is 4.57 Å². The number of para-hydroxylation sites is 1. The molecule has 0 atom stereocenters. The second-order valence-electron chi connectivity index (χ2n) is 15.5. The predicted molar refractivity (Wildman–Crippen MR) is 236 cm³/mol. The molecule has 0 aliphatic heterocycles. The zero-order valence-corrected chi connectivity index (χ0v) is 31.3. The molecule has 1 aromatic heterocycles. The maximum atomic E-state index is 2.52. The molecule has 0 amide bonds. The van der Waals surface area contributed by atoms with E-state index in [4.69, 9.17) is 0 Å². The lowest BCUT2D eigenvalue weighted by molar-refractivity contribution is 0.697. The Kier molecular flexibility index (Phi) is 6.97. The third kappa shape index (κ3) is 4.46. The van der Waals surface area contributed by atoms with Gasteiger partial charge in [0.15, 0.2) is 0 Å². The van der Waals surface area contributed by atoms with Crippen LogP contribution in [0.1, 0.15) is 44.9 Å². The van der Waals surface area contributed by atoms with E-state index >= 15 is 0 Å². The summed E-state index contributed by atoms with van der Waals surface area (Å²) in [4.78, 5) is 0. The van der Waals surface area contributed by atoms with E-state index in [1.54, 1.807) is 0 Å². The summed E-state index contributed by atoms with van der Waals surface area (Å²) in [6, 6.07) is 81.3. The number of hydrogen-bond acceptors (Lipinski definition) is 0. The summed E-state index contributed by atoms with van der Waals surface area (Å²) >= 11 is 0. The number of fused-ring (bicyclic) bond motifs is 13. The molecule has 2 aliphatic carbocycles. The van der Waals surface area contributed by atoms with Gasteiger partial charge < -0.3 is 4.57 Å². The smallest absolute Gasteiger partial charge is 0.0720 e.